The van der Waals surface area contributed by atoms with Crippen LogP contribution in [0.25, 0.3) is 5.69 Å². The van der Waals surface area contributed by atoms with Gasteiger partial charge in [0.2, 0.25) is 0 Å². The molecule has 8 nitrogen and oxygen atoms in total. The van der Waals surface area contributed by atoms with Crippen LogP contribution in [0.3, 0.4) is 0 Å². The molecule has 1 amide bonds. The summed E-state index contributed by atoms with van der Waals surface area (Å²) in [6, 6.07) is 5.72. The highest BCUT2D eigenvalue weighted by atomic mass is 16.6. The summed E-state index contributed by atoms with van der Waals surface area (Å²) in [5.74, 6) is -0.145. The van der Waals surface area contributed by atoms with E-state index in [9.17, 15) is 14.9 Å². The maximum absolute atomic E-state index is 12.3. The smallest absolute Gasteiger partial charge is 0.410 e. The van der Waals surface area contributed by atoms with Gasteiger partial charge in [0.25, 0.3) is 0 Å². The van der Waals surface area contributed by atoms with Crippen LogP contribution in [0, 0.1) is 17.0 Å². The van der Waals surface area contributed by atoms with Crippen molar-refractivity contribution in [1.29, 1.82) is 0 Å². The van der Waals surface area contributed by atoms with E-state index in [0.717, 1.165) is 16.8 Å². The largest absolute Gasteiger partial charge is 0.444 e. The minimum absolute atomic E-state index is 0.145. The van der Waals surface area contributed by atoms with E-state index in [4.69, 9.17) is 4.74 Å². The van der Waals surface area contributed by atoms with Gasteiger partial charge in [0.1, 0.15) is 5.60 Å². The summed E-state index contributed by atoms with van der Waals surface area (Å²) in [5, 5.41) is 15.2. The molecule has 2 heterocycles. The van der Waals surface area contributed by atoms with Crippen LogP contribution in [0.15, 0.2) is 24.4 Å². The van der Waals surface area contributed by atoms with Gasteiger partial charge >= 0.3 is 11.9 Å². The molecule has 0 radical (unpaired) electrons. The minimum atomic E-state index is -0.537. The number of benzene rings is 1. The number of nitro groups is 1. The Bertz CT molecular complexity index is 867. The standard InChI is InChI=1S/C18H22N4O4/c1-12-10-21(19-16(12)22(24)25)15-7-5-6-13-11-20(9-8-14(13)15)17(23)26-18(2,3)4/h5-7,10H,8-9,11H2,1-4H3. The Balaban J connectivity index is 1.89. The maximum Gasteiger partial charge on any atom is 0.410 e. The zero-order valence-corrected chi connectivity index (χ0v) is 15.4. The van der Waals surface area contributed by atoms with Gasteiger partial charge in [-0.2, -0.15) is 0 Å². The van der Waals surface area contributed by atoms with Gasteiger partial charge in [-0.25, -0.2) is 4.79 Å². The molecule has 0 N–H and O–H groups in total. The summed E-state index contributed by atoms with van der Waals surface area (Å²) in [5.41, 5.74) is 2.83. The number of carbonyl (C=O) groups excluding carboxylic acids is 1. The van der Waals surface area contributed by atoms with E-state index in [1.807, 2.05) is 39.0 Å². The number of carbonyl (C=O) groups is 1. The van der Waals surface area contributed by atoms with Crippen LogP contribution in [0.4, 0.5) is 10.6 Å². The van der Waals surface area contributed by atoms with Gasteiger partial charge in [-0.1, -0.05) is 12.1 Å². The van der Waals surface area contributed by atoms with Gasteiger partial charge in [0, 0.05) is 13.1 Å². The van der Waals surface area contributed by atoms with Crippen molar-refractivity contribution in [3.63, 3.8) is 0 Å². The van der Waals surface area contributed by atoms with E-state index in [1.165, 1.54) is 0 Å². The SMILES string of the molecule is Cc1cn(-c2cccc3c2CCN(C(=O)OC(C)(C)C)C3)nc1[N+](=O)[O-]. The number of amides is 1. The Hall–Kier alpha value is -2.90. The van der Waals surface area contributed by atoms with Crippen molar-refractivity contribution in [3.8, 4) is 5.69 Å². The summed E-state index contributed by atoms with van der Waals surface area (Å²) in [4.78, 5) is 24.6. The topological polar surface area (TPSA) is 90.5 Å². The molecular weight excluding hydrogens is 336 g/mol. The number of hydrogen-bond donors (Lipinski definition) is 0. The minimum Gasteiger partial charge on any atom is -0.444 e. The second-order valence-corrected chi connectivity index (χ2v) is 7.40. The first-order valence-corrected chi connectivity index (χ1v) is 8.45. The van der Waals surface area contributed by atoms with E-state index >= 15 is 0 Å². The monoisotopic (exact) mass is 358 g/mol. The molecule has 0 atom stereocenters. The van der Waals surface area contributed by atoms with Crippen LogP contribution >= 0.6 is 0 Å². The maximum atomic E-state index is 12.3. The Kier molecular flexibility index (Phi) is 4.43. The van der Waals surface area contributed by atoms with Crippen LogP contribution in [0.5, 0.6) is 0 Å². The third-order valence-corrected chi connectivity index (χ3v) is 4.18. The average Bonchev–Trinajstić information content (AvgIpc) is 2.94. The van der Waals surface area contributed by atoms with Gasteiger partial charge < -0.3 is 19.8 Å². The molecule has 3 rings (SSSR count). The first kappa shape index (κ1) is 17.9. The van der Waals surface area contributed by atoms with Crippen molar-refractivity contribution in [2.45, 2.75) is 46.3 Å². The first-order valence-electron chi connectivity index (χ1n) is 8.45. The normalized spacial score (nSPS) is 14.1. The van der Waals surface area contributed by atoms with Crippen molar-refractivity contribution >= 4 is 11.9 Å². The highest BCUT2D eigenvalue weighted by molar-refractivity contribution is 5.69. The summed E-state index contributed by atoms with van der Waals surface area (Å²) in [6.07, 6.45) is 1.96. The number of hydrogen-bond acceptors (Lipinski definition) is 5. The van der Waals surface area contributed by atoms with Gasteiger partial charge in [0.05, 0.1) is 22.5 Å². The van der Waals surface area contributed by atoms with Crippen LogP contribution in [-0.4, -0.2) is 37.8 Å². The van der Waals surface area contributed by atoms with Gasteiger partial charge in [-0.3, -0.25) is 0 Å². The summed E-state index contributed by atoms with van der Waals surface area (Å²) >= 11 is 0. The fraction of sp³-hybridized carbons (Fsp3) is 0.444. The lowest BCUT2D eigenvalue weighted by molar-refractivity contribution is -0.390. The highest BCUT2D eigenvalue weighted by Crippen LogP contribution is 2.27. The van der Waals surface area contributed by atoms with Crippen LogP contribution in [0.1, 0.15) is 37.5 Å². The molecule has 1 aromatic carbocycles. The molecule has 0 spiro atoms. The second kappa shape index (κ2) is 6.44. The number of aryl methyl sites for hydroxylation is 1. The lowest BCUT2D eigenvalue weighted by Gasteiger charge is -2.31. The molecule has 0 unspecified atom stereocenters. The molecule has 1 aromatic heterocycles. The molecular formula is C18H22N4O4. The fourth-order valence-electron chi connectivity index (χ4n) is 3.04. The van der Waals surface area contributed by atoms with Crippen molar-refractivity contribution in [3.05, 3.63) is 51.2 Å². The number of fused-ring (bicyclic) bond motifs is 1. The van der Waals surface area contributed by atoms with E-state index in [1.54, 1.807) is 22.7 Å². The molecule has 0 saturated carbocycles. The highest BCUT2D eigenvalue weighted by Gasteiger charge is 2.28. The lowest BCUT2D eigenvalue weighted by atomic mass is 9.98. The molecule has 2 aromatic rings. The molecule has 26 heavy (non-hydrogen) atoms. The fourth-order valence-corrected chi connectivity index (χ4v) is 3.04. The number of nitrogens with zero attached hydrogens (tertiary/aromatic N) is 4. The number of rotatable bonds is 2. The van der Waals surface area contributed by atoms with Crippen LogP contribution < -0.4 is 0 Å². The molecule has 0 aliphatic carbocycles. The molecule has 1 aliphatic heterocycles. The van der Waals surface area contributed by atoms with E-state index in [0.29, 0.717) is 25.1 Å². The molecule has 0 saturated heterocycles. The average molecular weight is 358 g/mol. The van der Waals surface area contributed by atoms with Crippen molar-refractivity contribution < 1.29 is 14.5 Å². The van der Waals surface area contributed by atoms with E-state index < -0.39 is 10.5 Å². The zero-order chi connectivity index (χ0) is 19.1. The first-order chi connectivity index (χ1) is 12.2. The van der Waals surface area contributed by atoms with Crippen molar-refractivity contribution in [2.24, 2.45) is 0 Å². The predicted molar refractivity (Wildman–Crippen MR) is 95.3 cm³/mol. The zero-order valence-electron chi connectivity index (χ0n) is 15.4. The number of aromatic nitrogens is 2. The Morgan fingerprint density at radius 2 is 2.08 bits per heavy atom. The summed E-state index contributed by atoms with van der Waals surface area (Å²) in [6.45, 7) is 8.17. The second-order valence-electron chi connectivity index (χ2n) is 7.40. The molecule has 1 aliphatic rings. The van der Waals surface area contributed by atoms with Crippen molar-refractivity contribution in [1.82, 2.24) is 14.7 Å². The third-order valence-electron chi connectivity index (χ3n) is 4.18. The lowest BCUT2D eigenvalue weighted by Crippen LogP contribution is -2.40. The van der Waals surface area contributed by atoms with Crippen LogP contribution in [0.2, 0.25) is 0 Å². The third kappa shape index (κ3) is 3.54. The molecule has 0 fully saturated rings. The predicted octanol–water partition coefficient (Wildman–Crippen LogP) is 3.38. The quantitative estimate of drug-likeness (QED) is 0.606. The van der Waals surface area contributed by atoms with Gasteiger partial charge in [-0.05, 0) is 56.2 Å². The molecule has 0 bridgehead atoms. The van der Waals surface area contributed by atoms with Gasteiger partial charge in [0.15, 0.2) is 0 Å². The number of ether oxygens (including phenoxy) is 1. The van der Waals surface area contributed by atoms with Gasteiger partial charge in [-0.15, -0.1) is 4.68 Å². The van der Waals surface area contributed by atoms with E-state index in [-0.39, 0.29) is 11.9 Å². The van der Waals surface area contributed by atoms with Crippen molar-refractivity contribution in [2.75, 3.05) is 6.54 Å². The Labute approximate surface area is 151 Å². The van der Waals surface area contributed by atoms with Crippen LogP contribution in [-0.2, 0) is 17.7 Å². The summed E-state index contributed by atoms with van der Waals surface area (Å²) < 4.78 is 7.00. The summed E-state index contributed by atoms with van der Waals surface area (Å²) in [7, 11) is 0. The Morgan fingerprint density at radius 1 is 1.35 bits per heavy atom. The molecule has 138 valence electrons. The Morgan fingerprint density at radius 3 is 2.69 bits per heavy atom. The molecule has 8 heteroatoms. The van der Waals surface area contributed by atoms with E-state index in [2.05, 4.69) is 5.10 Å².